The molecule has 0 aromatic carbocycles. The zero-order valence-corrected chi connectivity index (χ0v) is 6.05. The van der Waals surface area contributed by atoms with Crippen molar-refractivity contribution < 1.29 is 4.79 Å². The number of hydrogen-bond donors (Lipinski definition) is 2. The zero-order chi connectivity index (χ0) is 7.98. The van der Waals surface area contributed by atoms with Gasteiger partial charge >= 0.3 is 0 Å². The molecule has 0 heterocycles. The fourth-order valence-electron chi connectivity index (χ4n) is 0.607. The quantitative estimate of drug-likeness (QED) is 0.516. The third-order valence-electron chi connectivity index (χ3n) is 1.06. The first-order chi connectivity index (χ1) is 4.66. The number of primary amides is 1. The molecule has 3 nitrogen and oxygen atoms in total. The Labute approximate surface area is 61.0 Å². The van der Waals surface area contributed by atoms with E-state index in [2.05, 4.69) is 11.2 Å². The van der Waals surface area contributed by atoms with Gasteiger partial charge in [0.05, 0.1) is 6.54 Å². The monoisotopic (exact) mass is 140 g/mol. The van der Waals surface area contributed by atoms with Crippen LogP contribution in [0.25, 0.3) is 0 Å². The molecule has 3 heteroatoms. The molecular weight excluding hydrogens is 128 g/mol. The molecule has 0 saturated heterocycles. The minimum absolute atomic E-state index is 0.0774. The molecule has 0 rings (SSSR count). The highest BCUT2D eigenvalue weighted by Gasteiger charge is 2.02. The average Bonchev–Trinajstić information content (AvgIpc) is 1.82. The van der Waals surface area contributed by atoms with Crippen molar-refractivity contribution in [1.82, 2.24) is 5.32 Å². The lowest BCUT2D eigenvalue weighted by Crippen LogP contribution is -2.31. The molecule has 0 aliphatic rings. The highest BCUT2D eigenvalue weighted by atomic mass is 16.1. The first-order valence-corrected chi connectivity index (χ1v) is 3.12. The maximum absolute atomic E-state index is 10.3. The van der Waals surface area contributed by atoms with E-state index in [1.807, 2.05) is 6.92 Å². The first kappa shape index (κ1) is 8.99. The van der Waals surface area contributed by atoms with Gasteiger partial charge in [-0.1, -0.05) is 5.92 Å². The number of carbonyl (C=O) groups is 1. The lowest BCUT2D eigenvalue weighted by molar-refractivity contribution is -0.118. The number of terminal acetylenes is 1. The van der Waals surface area contributed by atoms with Crippen LogP contribution in [-0.4, -0.2) is 18.5 Å². The summed E-state index contributed by atoms with van der Waals surface area (Å²) in [5, 5.41) is 2.93. The normalized spacial score (nSPS) is 12.0. The maximum Gasteiger partial charge on any atom is 0.218 e. The lowest BCUT2D eigenvalue weighted by atomic mass is 10.2. The molecule has 0 spiro atoms. The van der Waals surface area contributed by atoms with Gasteiger partial charge in [0.1, 0.15) is 0 Å². The molecule has 10 heavy (non-hydrogen) atoms. The van der Waals surface area contributed by atoms with E-state index in [1.54, 1.807) is 0 Å². The largest absolute Gasteiger partial charge is 0.370 e. The van der Waals surface area contributed by atoms with E-state index in [-0.39, 0.29) is 11.9 Å². The Kier molecular flexibility index (Phi) is 4.34. The topological polar surface area (TPSA) is 55.1 Å². The summed E-state index contributed by atoms with van der Waals surface area (Å²) in [4.78, 5) is 10.3. The van der Waals surface area contributed by atoms with Crippen LogP contribution in [0.2, 0.25) is 0 Å². The summed E-state index contributed by atoms with van der Waals surface area (Å²) in [5.74, 6) is 2.10. The van der Waals surface area contributed by atoms with Gasteiger partial charge in [-0.3, -0.25) is 4.79 Å². The minimum Gasteiger partial charge on any atom is -0.370 e. The summed E-state index contributed by atoms with van der Waals surface area (Å²) < 4.78 is 0. The highest BCUT2D eigenvalue weighted by molar-refractivity contribution is 5.74. The summed E-state index contributed by atoms with van der Waals surface area (Å²) in [6, 6.07) is 0.0774. The molecule has 0 aliphatic heterocycles. The van der Waals surface area contributed by atoms with Gasteiger partial charge in [-0.25, -0.2) is 0 Å². The molecule has 0 aromatic rings. The van der Waals surface area contributed by atoms with Crippen molar-refractivity contribution in [2.24, 2.45) is 5.73 Å². The molecule has 0 fully saturated rings. The van der Waals surface area contributed by atoms with Gasteiger partial charge in [0.15, 0.2) is 0 Å². The second-order valence-corrected chi connectivity index (χ2v) is 2.16. The Hall–Kier alpha value is -1.01. The van der Waals surface area contributed by atoms with E-state index in [0.717, 1.165) is 0 Å². The third-order valence-corrected chi connectivity index (χ3v) is 1.06. The number of carbonyl (C=O) groups excluding carboxylic acids is 1. The van der Waals surface area contributed by atoms with Crippen LogP contribution in [0.1, 0.15) is 13.3 Å². The van der Waals surface area contributed by atoms with E-state index in [1.165, 1.54) is 0 Å². The molecule has 0 saturated carbocycles. The SMILES string of the molecule is C#CCNC(C)CC(N)=O. The second-order valence-electron chi connectivity index (χ2n) is 2.16. The Balaban J connectivity index is 3.36. The van der Waals surface area contributed by atoms with Crippen molar-refractivity contribution in [1.29, 1.82) is 0 Å². The standard InChI is InChI=1S/C7H12N2O/c1-3-4-9-6(2)5-7(8)10/h1,6,9H,4-5H2,2H3,(H2,8,10). The van der Waals surface area contributed by atoms with Crippen LogP contribution in [0, 0.1) is 12.3 Å². The van der Waals surface area contributed by atoms with Crippen LogP contribution < -0.4 is 11.1 Å². The van der Waals surface area contributed by atoms with Gasteiger partial charge in [0, 0.05) is 12.5 Å². The number of rotatable bonds is 4. The first-order valence-electron chi connectivity index (χ1n) is 3.12. The molecule has 0 aromatic heterocycles. The predicted octanol–water partition coefficient (Wildman–Crippen LogP) is -0.527. The highest BCUT2D eigenvalue weighted by Crippen LogP contribution is 1.86. The molecule has 1 atom stereocenters. The number of nitrogens with one attached hydrogen (secondary N) is 1. The van der Waals surface area contributed by atoms with Gasteiger partial charge in [-0.2, -0.15) is 0 Å². The molecule has 1 amide bonds. The van der Waals surface area contributed by atoms with Gasteiger partial charge in [0.25, 0.3) is 0 Å². The minimum atomic E-state index is -0.308. The van der Waals surface area contributed by atoms with E-state index in [9.17, 15) is 4.79 Å². The predicted molar refractivity (Wildman–Crippen MR) is 40.1 cm³/mol. The van der Waals surface area contributed by atoms with E-state index in [0.29, 0.717) is 13.0 Å². The summed E-state index contributed by atoms with van der Waals surface area (Å²) in [5.41, 5.74) is 4.93. The van der Waals surface area contributed by atoms with E-state index < -0.39 is 0 Å². The van der Waals surface area contributed by atoms with Crippen LogP contribution in [0.4, 0.5) is 0 Å². The summed E-state index contributed by atoms with van der Waals surface area (Å²) in [6.07, 6.45) is 5.31. The lowest BCUT2D eigenvalue weighted by Gasteiger charge is -2.07. The van der Waals surface area contributed by atoms with Crippen molar-refractivity contribution in [2.45, 2.75) is 19.4 Å². The van der Waals surface area contributed by atoms with Crippen molar-refractivity contribution in [2.75, 3.05) is 6.54 Å². The number of nitrogens with two attached hydrogens (primary N) is 1. The fourth-order valence-corrected chi connectivity index (χ4v) is 0.607. The molecular formula is C7H12N2O. The van der Waals surface area contributed by atoms with E-state index in [4.69, 9.17) is 12.2 Å². The third kappa shape index (κ3) is 5.13. The van der Waals surface area contributed by atoms with Crippen LogP contribution in [-0.2, 0) is 4.79 Å². The Bertz CT molecular complexity index is 148. The molecule has 0 aliphatic carbocycles. The fraction of sp³-hybridized carbons (Fsp3) is 0.571. The van der Waals surface area contributed by atoms with Crippen molar-refractivity contribution in [3.05, 3.63) is 0 Å². The summed E-state index contributed by atoms with van der Waals surface area (Å²) in [6.45, 7) is 2.34. The molecule has 3 N–H and O–H groups in total. The van der Waals surface area contributed by atoms with Crippen LogP contribution >= 0.6 is 0 Å². The van der Waals surface area contributed by atoms with Gasteiger partial charge in [0.2, 0.25) is 5.91 Å². The van der Waals surface area contributed by atoms with Crippen LogP contribution in [0.3, 0.4) is 0 Å². The zero-order valence-electron chi connectivity index (χ0n) is 6.05. The smallest absolute Gasteiger partial charge is 0.218 e. The Morgan fingerprint density at radius 2 is 2.50 bits per heavy atom. The van der Waals surface area contributed by atoms with E-state index >= 15 is 0 Å². The van der Waals surface area contributed by atoms with Gasteiger partial charge in [-0.05, 0) is 6.92 Å². The molecule has 0 radical (unpaired) electrons. The Morgan fingerprint density at radius 3 is 2.90 bits per heavy atom. The second kappa shape index (κ2) is 4.83. The van der Waals surface area contributed by atoms with Crippen molar-refractivity contribution >= 4 is 5.91 Å². The number of hydrogen-bond acceptors (Lipinski definition) is 2. The van der Waals surface area contributed by atoms with Crippen molar-refractivity contribution in [3.63, 3.8) is 0 Å². The summed E-state index contributed by atoms with van der Waals surface area (Å²) in [7, 11) is 0. The number of amides is 1. The average molecular weight is 140 g/mol. The maximum atomic E-state index is 10.3. The van der Waals surface area contributed by atoms with Crippen LogP contribution in [0.15, 0.2) is 0 Å². The summed E-state index contributed by atoms with van der Waals surface area (Å²) >= 11 is 0. The van der Waals surface area contributed by atoms with Crippen LogP contribution in [0.5, 0.6) is 0 Å². The molecule has 56 valence electrons. The van der Waals surface area contributed by atoms with Gasteiger partial charge < -0.3 is 11.1 Å². The molecule has 0 bridgehead atoms. The Morgan fingerprint density at radius 1 is 1.90 bits per heavy atom. The van der Waals surface area contributed by atoms with Crippen molar-refractivity contribution in [3.8, 4) is 12.3 Å². The van der Waals surface area contributed by atoms with Gasteiger partial charge in [-0.15, -0.1) is 6.42 Å². The molecule has 1 unspecified atom stereocenters.